The number of aliphatic hydroxyl groups is 1. The second-order valence-corrected chi connectivity index (χ2v) is 5.13. The molecular weight excluding hydrogens is 236 g/mol. The molecule has 2 rings (SSSR count). The molecule has 94 valence electrons. The summed E-state index contributed by atoms with van der Waals surface area (Å²) in [5, 5.41) is 10.2. The molecule has 1 atom stereocenters. The van der Waals surface area contributed by atoms with Gasteiger partial charge in [-0.3, -0.25) is 0 Å². The fourth-order valence-corrected chi connectivity index (χ4v) is 3.07. The summed E-state index contributed by atoms with van der Waals surface area (Å²) in [7, 11) is 1.61. The molecule has 17 heavy (non-hydrogen) atoms. The van der Waals surface area contributed by atoms with Crippen LogP contribution in [-0.4, -0.2) is 18.8 Å². The molecule has 1 saturated carbocycles. The summed E-state index contributed by atoms with van der Waals surface area (Å²) < 4.78 is 5.14. The van der Waals surface area contributed by atoms with Crippen LogP contribution < -0.4 is 4.74 Å². The maximum absolute atomic E-state index is 9.58. The fourth-order valence-electron chi connectivity index (χ4n) is 2.80. The van der Waals surface area contributed by atoms with Crippen LogP contribution in [0.2, 0.25) is 5.02 Å². The number of benzene rings is 1. The highest BCUT2D eigenvalue weighted by Crippen LogP contribution is 2.38. The Bertz CT molecular complexity index is 372. The van der Waals surface area contributed by atoms with E-state index in [1.54, 1.807) is 7.11 Å². The van der Waals surface area contributed by atoms with Crippen molar-refractivity contribution >= 4 is 11.6 Å². The summed E-state index contributed by atoms with van der Waals surface area (Å²) in [6.07, 6.45) is 5.00. The molecule has 2 nitrogen and oxygen atoms in total. The van der Waals surface area contributed by atoms with Crippen molar-refractivity contribution in [1.29, 1.82) is 0 Å². The predicted octanol–water partition coefficient (Wildman–Crippen LogP) is 3.61. The highest BCUT2D eigenvalue weighted by Gasteiger charge is 2.26. The predicted molar refractivity (Wildman–Crippen MR) is 69.8 cm³/mol. The quantitative estimate of drug-likeness (QED) is 0.889. The van der Waals surface area contributed by atoms with Crippen molar-refractivity contribution in [2.24, 2.45) is 5.92 Å². The molecule has 1 aromatic carbocycles. The van der Waals surface area contributed by atoms with E-state index in [9.17, 15) is 5.11 Å². The lowest BCUT2D eigenvalue weighted by atomic mass is 9.85. The maximum Gasteiger partial charge on any atom is 0.137 e. The second-order valence-electron chi connectivity index (χ2n) is 4.73. The van der Waals surface area contributed by atoms with Gasteiger partial charge in [-0.1, -0.05) is 30.5 Å². The van der Waals surface area contributed by atoms with Gasteiger partial charge in [0.25, 0.3) is 0 Å². The van der Waals surface area contributed by atoms with Crippen molar-refractivity contribution in [3.8, 4) is 5.75 Å². The van der Waals surface area contributed by atoms with Crippen LogP contribution >= 0.6 is 11.6 Å². The van der Waals surface area contributed by atoms with Gasteiger partial charge < -0.3 is 9.84 Å². The van der Waals surface area contributed by atoms with Gasteiger partial charge in [-0.05, 0) is 36.5 Å². The van der Waals surface area contributed by atoms with Gasteiger partial charge in [-0.15, -0.1) is 0 Å². The van der Waals surface area contributed by atoms with Crippen LogP contribution in [0.3, 0.4) is 0 Å². The largest absolute Gasteiger partial charge is 0.495 e. The number of rotatable bonds is 4. The highest BCUT2D eigenvalue weighted by atomic mass is 35.5. The van der Waals surface area contributed by atoms with E-state index in [0.29, 0.717) is 16.7 Å². The van der Waals surface area contributed by atoms with Crippen LogP contribution in [0.5, 0.6) is 5.75 Å². The first-order valence-electron chi connectivity index (χ1n) is 6.20. The van der Waals surface area contributed by atoms with Crippen LogP contribution in [0.25, 0.3) is 0 Å². The zero-order valence-electron chi connectivity index (χ0n) is 10.2. The second kappa shape index (κ2) is 5.74. The van der Waals surface area contributed by atoms with Crippen LogP contribution in [0.4, 0.5) is 0 Å². The van der Waals surface area contributed by atoms with Gasteiger partial charge in [-0.2, -0.15) is 0 Å². The Hall–Kier alpha value is -0.730. The van der Waals surface area contributed by atoms with Crippen molar-refractivity contribution in [3.05, 3.63) is 28.8 Å². The SMILES string of the molecule is COc1ccc(C(CO)C2CCCC2)cc1Cl. The summed E-state index contributed by atoms with van der Waals surface area (Å²) in [5.41, 5.74) is 1.13. The third-order valence-corrected chi connectivity index (χ3v) is 4.06. The van der Waals surface area contributed by atoms with E-state index >= 15 is 0 Å². The number of hydrogen-bond acceptors (Lipinski definition) is 2. The van der Waals surface area contributed by atoms with Crippen molar-refractivity contribution in [1.82, 2.24) is 0 Å². The molecule has 1 N–H and O–H groups in total. The Balaban J connectivity index is 2.21. The summed E-state index contributed by atoms with van der Waals surface area (Å²) in [4.78, 5) is 0. The van der Waals surface area contributed by atoms with E-state index in [0.717, 1.165) is 5.56 Å². The molecule has 1 aliphatic carbocycles. The third-order valence-electron chi connectivity index (χ3n) is 3.77. The molecule has 1 unspecified atom stereocenters. The molecule has 0 amide bonds. The number of hydrogen-bond donors (Lipinski definition) is 1. The van der Waals surface area contributed by atoms with Crippen LogP contribution in [-0.2, 0) is 0 Å². The third kappa shape index (κ3) is 2.75. The maximum atomic E-state index is 9.58. The van der Waals surface area contributed by atoms with Crippen LogP contribution in [0.15, 0.2) is 18.2 Å². The van der Waals surface area contributed by atoms with Crippen molar-refractivity contribution in [2.45, 2.75) is 31.6 Å². The number of halogens is 1. The molecule has 0 saturated heterocycles. The van der Waals surface area contributed by atoms with E-state index in [-0.39, 0.29) is 12.5 Å². The normalized spacial score (nSPS) is 18.3. The molecular formula is C14H19ClO2. The first kappa shape index (κ1) is 12.7. The molecule has 0 spiro atoms. The van der Waals surface area contributed by atoms with Crippen molar-refractivity contribution < 1.29 is 9.84 Å². The summed E-state index contributed by atoms with van der Waals surface area (Å²) >= 11 is 6.13. The first-order chi connectivity index (χ1) is 8.26. The molecule has 0 bridgehead atoms. The lowest BCUT2D eigenvalue weighted by Crippen LogP contribution is -2.14. The van der Waals surface area contributed by atoms with Gasteiger partial charge in [0.2, 0.25) is 0 Å². The van der Waals surface area contributed by atoms with Gasteiger partial charge in [0.05, 0.1) is 18.7 Å². The van der Waals surface area contributed by atoms with E-state index in [2.05, 4.69) is 0 Å². The summed E-state index contributed by atoms with van der Waals surface area (Å²) in [6, 6.07) is 5.83. The minimum Gasteiger partial charge on any atom is -0.495 e. The smallest absolute Gasteiger partial charge is 0.137 e. The van der Waals surface area contributed by atoms with Gasteiger partial charge in [0.1, 0.15) is 5.75 Å². The van der Waals surface area contributed by atoms with Crippen molar-refractivity contribution in [2.75, 3.05) is 13.7 Å². The molecule has 0 radical (unpaired) electrons. The lowest BCUT2D eigenvalue weighted by Gasteiger charge is -2.22. The summed E-state index contributed by atoms with van der Waals surface area (Å²) in [5.74, 6) is 1.52. The first-order valence-corrected chi connectivity index (χ1v) is 6.58. The molecule has 0 aliphatic heterocycles. The Morgan fingerprint density at radius 2 is 2.12 bits per heavy atom. The minimum absolute atomic E-state index is 0.202. The molecule has 1 aromatic rings. The van der Waals surface area contributed by atoms with E-state index < -0.39 is 0 Å². The molecule has 0 heterocycles. The highest BCUT2D eigenvalue weighted by molar-refractivity contribution is 6.32. The number of aliphatic hydroxyl groups excluding tert-OH is 1. The van der Waals surface area contributed by atoms with E-state index in [1.807, 2.05) is 18.2 Å². The minimum atomic E-state index is 0.202. The standard InChI is InChI=1S/C14H19ClO2/c1-17-14-7-6-11(8-13(14)15)12(9-16)10-4-2-3-5-10/h6-8,10,12,16H,2-5,9H2,1H3. The van der Waals surface area contributed by atoms with E-state index in [1.165, 1.54) is 25.7 Å². The van der Waals surface area contributed by atoms with Gasteiger partial charge in [-0.25, -0.2) is 0 Å². The zero-order chi connectivity index (χ0) is 12.3. The van der Waals surface area contributed by atoms with Crippen molar-refractivity contribution in [3.63, 3.8) is 0 Å². The number of methoxy groups -OCH3 is 1. The Kier molecular flexibility index (Phi) is 4.30. The average molecular weight is 255 g/mol. The number of ether oxygens (including phenoxy) is 1. The van der Waals surface area contributed by atoms with Crippen LogP contribution in [0, 0.1) is 5.92 Å². The topological polar surface area (TPSA) is 29.5 Å². The Labute approximate surface area is 108 Å². The molecule has 1 fully saturated rings. The van der Waals surface area contributed by atoms with Gasteiger partial charge in [0, 0.05) is 5.92 Å². The van der Waals surface area contributed by atoms with Gasteiger partial charge >= 0.3 is 0 Å². The lowest BCUT2D eigenvalue weighted by molar-refractivity contribution is 0.226. The van der Waals surface area contributed by atoms with Gasteiger partial charge in [0.15, 0.2) is 0 Å². The van der Waals surface area contributed by atoms with E-state index in [4.69, 9.17) is 16.3 Å². The Morgan fingerprint density at radius 3 is 2.65 bits per heavy atom. The summed E-state index contributed by atoms with van der Waals surface area (Å²) in [6.45, 7) is 0.202. The fraction of sp³-hybridized carbons (Fsp3) is 0.571. The van der Waals surface area contributed by atoms with Crippen LogP contribution in [0.1, 0.15) is 37.2 Å². The monoisotopic (exact) mass is 254 g/mol. The molecule has 3 heteroatoms. The molecule has 0 aromatic heterocycles. The average Bonchev–Trinajstić information content (AvgIpc) is 2.84. The Morgan fingerprint density at radius 1 is 1.41 bits per heavy atom. The zero-order valence-corrected chi connectivity index (χ0v) is 10.9. The molecule has 1 aliphatic rings.